The van der Waals surface area contributed by atoms with Crippen molar-refractivity contribution in [1.82, 2.24) is 29.5 Å². The lowest BCUT2D eigenvalue weighted by molar-refractivity contribution is -0.132. The Bertz CT molecular complexity index is 857. The second-order valence-electron chi connectivity index (χ2n) is 7.54. The maximum atomic E-state index is 12.8. The molecule has 0 saturated carbocycles. The topological polar surface area (TPSA) is 84.2 Å². The largest absolute Gasteiger partial charge is 0.343 e. The van der Waals surface area contributed by atoms with Crippen LogP contribution in [0.25, 0.3) is 0 Å². The molecule has 0 N–H and O–H groups in total. The molecule has 1 fully saturated rings. The summed E-state index contributed by atoms with van der Waals surface area (Å²) in [5.41, 5.74) is 3.68. The summed E-state index contributed by atoms with van der Waals surface area (Å²) in [6.07, 6.45) is 9.79. The highest BCUT2D eigenvalue weighted by Gasteiger charge is 2.28. The van der Waals surface area contributed by atoms with Gasteiger partial charge in [0.25, 0.3) is 5.91 Å². The molecule has 4 rings (SSSR count). The van der Waals surface area contributed by atoms with Gasteiger partial charge in [-0.1, -0.05) is 0 Å². The molecule has 8 nitrogen and oxygen atoms in total. The summed E-state index contributed by atoms with van der Waals surface area (Å²) < 4.78 is 1.91. The van der Waals surface area contributed by atoms with Crippen molar-refractivity contribution in [3.63, 3.8) is 0 Å². The number of carbonyl (C=O) groups excluding carboxylic acids is 2. The highest BCUT2D eigenvalue weighted by atomic mass is 16.2. The first kappa shape index (κ1) is 18.6. The monoisotopic (exact) mass is 382 g/mol. The number of rotatable bonds is 4. The SMILES string of the molecule is Cn1nc(CCC(=O)N2CCCCC2)c2c1CCN(C(=O)c1cncnc1)C2. The molecule has 4 heterocycles. The second kappa shape index (κ2) is 8.08. The van der Waals surface area contributed by atoms with E-state index in [1.807, 2.05) is 21.5 Å². The van der Waals surface area contributed by atoms with E-state index in [1.165, 1.54) is 12.7 Å². The van der Waals surface area contributed by atoms with Gasteiger partial charge in [-0.05, 0) is 19.3 Å². The minimum absolute atomic E-state index is 0.0644. The summed E-state index contributed by atoms with van der Waals surface area (Å²) in [4.78, 5) is 37.0. The van der Waals surface area contributed by atoms with Crippen LogP contribution in [0.15, 0.2) is 18.7 Å². The van der Waals surface area contributed by atoms with Crippen molar-refractivity contribution >= 4 is 11.8 Å². The lowest BCUT2D eigenvalue weighted by atomic mass is 10.0. The third-order valence-corrected chi connectivity index (χ3v) is 5.70. The highest BCUT2D eigenvalue weighted by molar-refractivity contribution is 5.93. The number of hydrogen-bond donors (Lipinski definition) is 0. The number of carbonyl (C=O) groups is 2. The smallest absolute Gasteiger partial charge is 0.257 e. The quantitative estimate of drug-likeness (QED) is 0.797. The average Bonchev–Trinajstić information content (AvgIpc) is 3.07. The van der Waals surface area contributed by atoms with Crippen LogP contribution in [-0.2, 0) is 31.2 Å². The van der Waals surface area contributed by atoms with Crippen molar-refractivity contribution in [2.45, 2.75) is 45.1 Å². The van der Waals surface area contributed by atoms with Gasteiger partial charge in [0, 0.05) is 76.1 Å². The maximum Gasteiger partial charge on any atom is 0.257 e. The molecule has 0 atom stereocenters. The lowest BCUT2D eigenvalue weighted by Crippen LogP contribution is -2.37. The molecular weight excluding hydrogens is 356 g/mol. The number of aryl methyl sites for hydroxylation is 2. The van der Waals surface area contributed by atoms with E-state index in [2.05, 4.69) is 15.1 Å². The van der Waals surface area contributed by atoms with Crippen molar-refractivity contribution in [3.05, 3.63) is 41.2 Å². The van der Waals surface area contributed by atoms with Crippen LogP contribution in [0.3, 0.4) is 0 Å². The van der Waals surface area contributed by atoms with Gasteiger partial charge in [0.05, 0.1) is 11.3 Å². The first-order chi connectivity index (χ1) is 13.6. The van der Waals surface area contributed by atoms with Gasteiger partial charge in [-0.2, -0.15) is 5.10 Å². The Labute approximate surface area is 164 Å². The number of aromatic nitrogens is 4. The van der Waals surface area contributed by atoms with Crippen LogP contribution in [-0.4, -0.2) is 61.0 Å². The van der Waals surface area contributed by atoms with Crippen LogP contribution in [0.4, 0.5) is 0 Å². The minimum Gasteiger partial charge on any atom is -0.343 e. The average molecular weight is 382 g/mol. The molecule has 2 aliphatic heterocycles. The molecule has 2 aromatic heterocycles. The molecule has 148 valence electrons. The third-order valence-electron chi connectivity index (χ3n) is 5.70. The van der Waals surface area contributed by atoms with Crippen LogP contribution >= 0.6 is 0 Å². The zero-order chi connectivity index (χ0) is 19.5. The summed E-state index contributed by atoms with van der Waals surface area (Å²) in [6.45, 7) is 2.91. The second-order valence-corrected chi connectivity index (χ2v) is 7.54. The molecule has 2 amide bonds. The van der Waals surface area contributed by atoms with Gasteiger partial charge in [-0.3, -0.25) is 14.3 Å². The molecule has 2 aliphatic rings. The van der Waals surface area contributed by atoms with Gasteiger partial charge in [0.1, 0.15) is 6.33 Å². The van der Waals surface area contributed by atoms with Crippen LogP contribution < -0.4 is 0 Å². The predicted molar refractivity (Wildman–Crippen MR) is 102 cm³/mol. The van der Waals surface area contributed by atoms with Gasteiger partial charge >= 0.3 is 0 Å². The number of hydrogen-bond acceptors (Lipinski definition) is 5. The van der Waals surface area contributed by atoms with Gasteiger partial charge in [0.15, 0.2) is 0 Å². The minimum atomic E-state index is -0.0644. The first-order valence-electron chi connectivity index (χ1n) is 9.99. The fourth-order valence-electron chi connectivity index (χ4n) is 4.16. The number of amides is 2. The third kappa shape index (κ3) is 3.76. The molecule has 0 spiro atoms. The van der Waals surface area contributed by atoms with Crippen molar-refractivity contribution in [3.8, 4) is 0 Å². The number of nitrogens with zero attached hydrogens (tertiary/aromatic N) is 6. The summed E-state index contributed by atoms with van der Waals surface area (Å²) >= 11 is 0. The fraction of sp³-hybridized carbons (Fsp3) is 0.550. The van der Waals surface area contributed by atoms with Crippen molar-refractivity contribution < 1.29 is 9.59 Å². The molecule has 0 bridgehead atoms. The standard InChI is InChI=1S/C20H26N6O2/c1-24-18-7-10-26(20(28)15-11-21-14-22-12-15)13-16(18)17(23-24)5-6-19(27)25-8-3-2-4-9-25/h11-12,14H,2-10,13H2,1H3. The Morgan fingerprint density at radius 3 is 2.54 bits per heavy atom. The maximum absolute atomic E-state index is 12.8. The van der Waals surface area contributed by atoms with E-state index in [0.29, 0.717) is 31.5 Å². The van der Waals surface area contributed by atoms with Gasteiger partial charge in [-0.15, -0.1) is 0 Å². The van der Waals surface area contributed by atoms with Crippen LogP contribution in [0.2, 0.25) is 0 Å². The molecule has 28 heavy (non-hydrogen) atoms. The lowest BCUT2D eigenvalue weighted by Gasteiger charge is -2.28. The molecular formula is C20H26N6O2. The van der Waals surface area contributed by atoms with E-state index in [4.69, 9.17) is 0 Å². The van der Waals surface area contributed by atoms with Crippen LogP contribution in [0.5, 0.6) is 0 Å². The van der Waals surface area contributed by atoms with E-state index in [9.17, 15) is 9.59 Å². The summed E-state index contributed by atoms with van der Waals surface area (Å²) in [5, 5.41) is 4.66. The highest BCUT2D eigenvalue weighted by Crippen LogP contribution is 2.24. The van der Waals surface area contributed by atoms with E-state index < -0.39 is 0 Å². The van der Waals surface area contributed by atoms with E-state index in [0.717, 1.165) is 49.3 Å². The Balaban J connectivity index is 1.45. The Morgan fingerprint density at radius 1 is 1.04 bits per heavy atom. The Kier molecular flexibility index (Phi) is 5.36. The van der Waals surface area contributed by atoms with Gasteiger partial charge in [0.2, 0.25) is 5.91 Å². The zero-order valence-electron chi connectivity index (χ0n) is 16.3. The fourth-order valence-corrected chi connectivity index (χ4v) is 4.16. The summed E-state index contributed by atoms with van der Waals surface area (Å²) in [7, 11) is 1.94. The zero-order valence-corrected chi connectivity index (χ0v) is 16.3. The normalized spacial score (nSPS) is 16.8. The number of piperidine rings is 1. The van der Waals surface area contributed by atoms with Gasteiger partial charge in [-0.25, -0.2) is 9.97 Å². The molecule has 0 radical (unpaired) electrons. The van der Waals surface area contributed by atoms with E-state index in [1.54, 1.807) is 12.4 Å². The predicted octanol–water partition coefficient (Wildman–Crippen LogP) is 1.35. The first-order valence-corrected chi connectivity index (χ1v) is 9.99. The van der Waals surface area contributed by atoms with Crippen molar-refractivity contribution in [2.75, 3.05) is 19.6 Å². The number of fused-ring (bicyclic) bond motifs is 1. The van der Waals surface area contributed by atoms with Crippen LogP contribution in [0.1, 0.15) is 53.0 Å². The summed E-state index contributed by atoms with van der Waals surface area (Å²) in [6, 6.07) is 0. The van der Waals surface area contributed by atoms with E-state index in [-0.39, 0.29) is 11.8 Å². The molecule has 0 aliphatic carbocycles. The molecule has 0 unspecified atom stereocenters. The van der Waals surface area contributed by atoms with Crippen molar-refractivity contribution in [1.29, 1.82) is 0 Å². The Morgan fingerprint density at radius 2 is 1.79 bits per heavy atom. The molecule has 2 aromatic rings. The van der Waals surface area contributed by atoms with Gasteiger partial charge < -0.3 is 9.80 Å². The molecule has 0 aromatic carbocycles. The molecule has 1 saturated heterocycles. The molecule has 8 heteroatoms. The van der Waals surface area contributed by atoms with Crippen molar-refractivity contribution in [2.24, 2.45) is 7.05 Å². The Hall–Kier alpha value is -2.77. The number of likely N-dealkylation sites (tertiary alicyclic amines) is 1. The van der Waals surface area contributed by atoms with Crippen LogP contribution in [0, 0.1) is 0 Å². The summed E-state index contributed by atoms with van der Waals surface area (Å²) in [5.74, 6) is 0.148. The van der Waals surface area contributed by atoms with E-state index >= 15 is 0 Å².